The molecule has 5 nitrogen and oxygen atoms in total. The molecule has 0 aromatic carbocycles. The molecule has 2 rings (SSSR count). The highest BCUT2D eigenvalue weighted by Crippen LogP contribution is 2.20. The zero-order chi connectivity index (χ0) is 13.3. The summed E-state index contributed by atoms with van der Waals surface area (Å²) >= 11 is 5.99. The van der Waals surface area contributed by atoms with Crippen LogP contribution in [0, 0.1) is 6.92 Å². The number of likely N-dealkylation sites (N-methyl/N-ethyl adjacent to an activating group) is 1. The van der Waals surface area contributed by atoms with Gasteiger partial charge in [-0.1, -0.05) is 6.92 Å². The van der Waals surface area contributed by atoms with E-state index < -0.39 is 0 Å². The van der Waals surface area contributed by atoms with Crippen molar-refractivity contribution in [2.75, 3.05) is 20.1 Å². The summed E-state index contributed by atoms with van der Waals surface area (Å²) in [5, 5.41) is 4.41. The Morgan fingerprint density at radius 2 is 2.11 bits per heavy atom. The van der Waals surface area contributed by atoms with Crippen molar-refractivity contribution in [3.8, 4) is 0 Å². The van der Waals surface area contributed by atoms with Gasteiger partial charge in [-0.25, -0.2) is 4.98 Å². The summed E-state index contributed by atoms with van der Waals surface area (Å²) in [5.74, 6) is 1.36. The topological polar surface area (TPSA) is 38.9 Å². The Hall–Kier alpha value is -1.07. The molecule has 0 aliphatic heterocycles. The van der Waals surface area contributed by atoms with Crippen molar-refractivity contribution in [2.45, 2.75) is 26.3 Å². The molecule has 2 aromatic rings. The molecule has 2 heterocycles. The third kappa shape index (κ3) is 2.24. The van der Waals surface area contributed by atoms with E-state index in [4.69, 9.17) is 11.6 Å². The summed E-state index contributed by atoms with van der Waals surface area (Å²) in [4.78, 5) is 6.86. The monoisotopic (exact) mass is 269 g/mol. The van der Waals surface area contributed by atoms with Crippen LogP contribution >= 0.6 is 11.6 Å². The average molecular weight is 270 g/mol. The van der Waals surface area contributed by atoms with Crippen molar-refractivity contribution in [1.82, 2.24) is 24.2 Å². The zero-order valence-corrected chi connectivity index (χ0v) is 12.2. The fourth-order valence-electron chi connectivity index (χ4n) is 2.15. The number of halogens is 1. The average Bonchev–Trinajstić information content (AvgIpc) is 2.85. The highest BCUT2D eigenvalue weighted by atomic mass is 35.5. The zero-order valence-electron chi connectivity index (χ0n) is 11.4. The van der Waals surface area contributed by atoms with E-state index in [-0.39, 0.29) is 0 Å². The van der Waals surface area contributed by atoms with Crippen LogP contribution in [0.15, 0.2) is 0 Å². The van der Waals surface area contributed by atoms with E-state index in [1.54, 1.807) is 0 Å². The highest BCUT2D eigenvalue weighted by molar-refractivity contribution is 6.16. The van der Waals surface area contributed by atoms with Crippen LogP contribution in [0.3, 0.4) is 0 Å². The second-order valence-corrected chi connectivity index (χ2v) is 4.86. The van der Waals surface area contributed by atoms with E-state index in [0.717, 1.165) is 42.3 Å². The number of aromatic nitrogens is 4. The second-order valence-electron chi connectivity index (χ2n) is 4.59. The van der Waals surface area contributed by atoms with Gasteiger partial charge >= 0.3 is 0 Å². The Morgan fingerprint density at radius 1 is 1.39 bits per heavy atom. The van der Waals surface area contributed by atoms with Gasteiger partial charge in [0.2, 0.25) is 0 Å². The van der Waals surface area contributed by atoms with Gasteiger partial charge in [0.15, 0.2) is 5.65 Å². The summed E-state index contributed by atoms with van der Waals surface area (Å²) in [7, 11) is 4.07. The normalized spacial score (nSPS) is 11.9. The van der Waals surface area contributed by atoms with Crippen LogP contribution in [0.25, 0.3) is 11.2 Å². The molecule has 0 spiro atoms. The van der Waals surface area contributed by atoms with E-state index in [2.05, 4.69) is 33.5 Å². The molecule has 18 heavy (non-hydrogen) atoms. The number of rotatable bonds is 5. The molecule has 0 saturated heterocycles. The maximum atomic E-state index is 5.99. The first-order valence-corrected chi connectivity index (χ1v) is 6.75. The van der Waals surface area contributed by atoms with Crippen molar-refractivity contribution >= 4 is 22.8 Å². The van der Waals surface area contributed by atoms with Gasteiger partial charge in [-0.05, 0) is 20.5 Å². The fourth-order valence-corrected chi connectivity index (χ4v) is 2.35. The Balaban J connectivity index is 2.40. The van der Waals surface area contributed by atoms with Gasteiger partial charge in [0.25, 0.3) is 0 Å². The van der Waals surface area contributed by atoms with Crippen LogP contribution in [0.5, 0.6) is 0 Å². The Kier molecular flexibility index (Phi) is 3.92. The van der Waals surface area contributed by atoms with Crippen LogP contribution < -0.4 is 0 Å². The van der Waals surface area contributed by atoms with Gasteiger partial charge in [-0.15, -0.1) is 11.6 Å². The van der Waals surface area contributed by atoms with Crippen molar-refractivity contribution in [1.29, 1.82) is 0 Å². The van der Waals surface area contributed by atoms with Gasteiger partial charge in [0.1, 0.15) is 11.3 Å². The van der Waals surface area contributed by atoms with Crippen molar-refractivity contribution in [2.24, 2.45) is 7.05 Å². The van der Waals surface area contributed by atoms with E-state index in [9.17, 15) is 0 Å². The first kappa shape index (κ1) is 13.4. The summed E-state index contributed by atoms with van der Waals surface area (Å²) in [6.07, 6.45) is 0. The molecule has 0 radical (unpaired) electrons. The predicted molar refractivity (Wildman–Crippen MR) is 74.0 cm³/mol. The van der Waals surface area contributed by atoms with Gasteiger partial charge in [-0.2, -0.15) is 5.10 Å². The third-order valence-electron chi connectivity index (χ3n) is 3.33. The summed E-state index contributed by atoms with van der Waals surface area (Å²) in [6.45, 7) is 7.05. The first-order valence-electron chi connectivity index (χ1n) is 6.21. The molecule has 0 atom stereocenters. The summed E-state index contributed by atoms with van der Waals surface area (Å²) in [5.41, 5.74) is 2.99. The van der Waals surface area contributed by atoms with E-state index >= 15 is 0 Å². The number of hydrogen-bond acceptors (Lipinski definition) is 3. The van der Waals surface area contributed by atoms with E-state index in [1.165, 1.54) is 0 Å². The standard InChI is InChI=1S/C12H20ClN5/c1-5-16(3)6-7-18-10(8-13)14-11-9(2)15-17(4)12(11)18/h5-8H2,1-4H3. The Morgan fingerprint density at radius 3 is 2.72 bits per heavy atom. The van der Waals surface area contributed by atoms with Gasteiger partial charge in [0.05, 0.1) is 11.6 Å². The first-order chi connectivity index (χ1) is 8.58. The number of fused-ring (bicyclic) bond motifs is 1. The molecule has 2 aromatic heterocycles. The molecule has 0 amide bonds. The lowest BCUT2D eigenvalue weighted by molar-refractivity contribution is 0.335. The number of alkyl halides is 1. The quantitative estimate of drug-likeness (QED) is 0.777. The largest absolute Gasteiger partial charge is 0.311 e. The van der Waals surface area contributed by atoms with E-state index in [0.29, 0.717) is 5.88 Å². The molecule has 0 bridgehead atoms. The molecule has 0 N–H and O–H groups in total. The van der Waals surface area contributed by atoms with Gasteiger partial charge in [-0.3, -0.25) is 4.68 Å². The maximum Gasteiger partial charge on any atom is 0.158 e. The van der Waals surface area contributed by atoms with Crippen LogP contribution in [0.2, 0.25) is 0 Å². The molecule has 0 aliphatic rings. The minimum Gasteiger partial charge on any atom is -0.311 e. The van der Waals surface area contributed by atoms with Crippen LogP contribution in [-0.2, 0) is 19.5 Å². The number of hydrogen-bond donors (Lipinski definition) is 0. The van der Waals surface area contributed by atoms with Crippen molar-refractivity contribution in [3.05, 3.63) is 11.5 Å². The lowest BCUT2D eigenvalue weighted by Crippen LogP contribution is -2.23. The van der Waals surface area contributed by atoms with Gasteiger partial charge in [0, 0.05) is 20.1 Å². The lowest BCUT2D eigenvalue weighted by Gasteiger charge is -2.15. The maximum absolute atomic E-state index is 5.99. The number of imidazole rings is 1. The number of aryl methyl sites for hydroxylation is 2. The van der Waals surface area contributed by atoms with Crippen molar-refractivity contribution < 1.29 is 0 Å². The third-order valence-corrected chi connectivity index (χ3v) is 3.57. The number of nitrogens with zero attached hydrogens (tertiary/aromatic N) is 5. The molecule has 0 aliphatic carbocycles. The fraction of sp³-hybridized carbons (Fsp3) is 0.667. The van der Waals surface area contributed by atoms with Crippen LogP contribution in [-0.4, -0.2) is 44.4 Å². The van der Waals surface area contributed by atoms with Crippen LogP contribution in [0.4, 0.5) is 0 Å². The predicted octanol–water partition coefficient (Wildman–Crippen LogP) is 1.77. The molecule has 6 heteroatoms. The van der Waals surface area contributed by atoms with Crippen molar-refractivity contribution in [3.63, 3.8) is 0 Å². The molecule has 0 unspecified atom stereocenters. The smallest absolute Gasteiger partial charge is 0.158 e. The molecule has 0 saturated carbocycles. The Bertz CT molecular complexity index is 542. The minimum atomic E-state index is 0.434. The summed E-state index contributed by atoms with van der Waals surface area (Å²) in [6, 6.07) is 0. The van der Waals surface area contributed by atoms with Gasteiger partial charge < -0.3 is 9.47 Å². The molecular formula is C12H20ClN5. The SMILES string of the molecule is CCN(C)CCn1c(CCl)nc2c(C)nn(C)c21. The highest BCUT2D eigenvalue weighted by Gasteiger charge is 2.16. The lowest BCUT2D eigenvalue weighted by atomic mass is 10.4. The molecule has 100 valence electrons. The second kappa shape index (κ2) is 5.28. The van der Waals surface area contributed by atoms with E-state index in [1.807, 2.05) is 18.7 Å². The Labute approximate surface area is 112 Å². The molecule has 0 fully saturated rings. The summed E-state index contributed by atoms with van der Waals surface area (Å²) < 4.78 is 4.06. The molecular weight excluding hydrogens is 250 g/mol. The van der Waals surface area contributed by atoms with Crippen LogP contribution in [0.1, 0.15) is 18.4 Å². The minimum absolute atomic E-state index is 0.434.